The molecule has 0 aromatic heterocycles. The quantitative estimate of drug-likeness (QED) is 0.443. The molecule has 1 N–H and O–H groups in total. The van der Waals surface area contributed by atoms with Crippen molar-refractivity contribution in [3.8, 4) is 0 Å². The molecule has 7 nitrogen and oxygen atoms in total. The van der Waals surface area contributed by atoms with Crippen molar-refractivity contribution >= 4 is 50.7 Å². The van der Waals surface area contributed by atoms with Gasteiger partial charge in [0.15, 0.2) is 0 Å². The molecule has 0 fully saturated rings. The van der Waals surface area contributed by atoms with Crippen molar-refractivity contribution in [3.63, 3.8) is 0 Å². The Morgan fingerprint density at radius 1 is 1.06 bits per heavy atom. The van der Waals surface area contributed by atoms with Gasteiger partial charge < -0.3 is 10.2 Å². The molecule has 36 heavy (non-hydrogen) atoms. The predicted molar refractivity (Wildman–Crippen MR) is 142 cm³/mol. The minimum Gasteiger partial charge on any atom is -0.350 e. The van der Waals surface area contributed by atoms with Crippen LogP contribution < -0.4 is 9.62 Å². The Morgan fingerprint density at radius 3 is 2.17 bits per heavy atom. The summed E-state index contributed by atoms with van der Waals surface area (Å²) >= 11 is 12.6. The van der Waals surface area contributed by atoms with Crippen molar-refractivity contribution in [1.82, 2.24) is 10.2 Å². The van der Waals surface area contributed by atoms with E-state index in [1.165, 1.54) is 29.2 Å². The molecule has 11 heteroatoms. The predicted octanol–water partition coefficient (Wildman–Crippen LogP) is 5.01. The van der Waals surface area contributed by atoms with Crippen molar-refractivity contribution in [1.29, 1.82) is 0 Å². The van der Waals surface area contributed by atoms with Crippen LogP contribution in [-0.2, 0) is 26.2 Å². The molecule has 2 aromatic rings. The van der Waals surface area contributed by atoms with E-state index < -0.39 is 33.3 Å². The maximum atomic E-state index is 14.3. The molecule has 0 aliphatic carbocycles. The molecule has 0 aliphatic rings. The lowest BCUT2D eigenvalue weighted by molar-refractivity contribution is -0.141. The van der Waals surface area contributed by atoms with Crippen LogP contribution in [0.1, 0.15) is 46.1 Å². The Hall–Kier alpha value is -2.36. The van der Waals surface area contributed by atoms with Gasteiger partial charge in [0.25, 0.3) is 0 Å². The summed E-state index contributed by atoms with van der Waals surface area (Å²) in [6, 6.07) is 9.64. The van der Waals surface area contributed by atoms with E-state index in [-0.39, 0.29) is 37.5 Å². The minimum absolute atomic E-state index is 0.0147. The van der Waals surface area contributed by atoms with Gasteiger partial charge in [0.2, 0.25) is 21.8 Å². The van der Waals surface area contributed by atoms with E-state index in [4.69, 9.17) is 23.2 Å². The lowest BCUT2D eigenvalue weighted by Gasteiger charge is -2.32. The molecular weight excluding hydrogens is 528 g/mol. The molecule has 2 rings (SSSR count). The van der Waals surface area contributed by atoms with Gasteiger partial charge in [0.05, 0.1) is 11.9 Å². The first kappa shape index (κ1) is 29.9. The number of nitrogens with zero attached hydrogens (tertiary/aromatic N) is 2. The molecule has 2 aromatic carbocycles. The van der Waals surface area contributed by atoms with Crippen LogP contribution in [-0.4, -0.2) is 49.5 Å². The maximum absolute atomic E-state index is 14.3. The number of para-hydroxylation sites is 1. The van der Waals surface area contributed by atoms with Gasteiger partial charge in [-0.05, 0) is 58.4 Å². The van der Waals surface area contributed by atoms with E-state index in [0.29, 0.717) is 15.6 Å². The number of amides is 2. The van der Waals surface area contributed by atoms with Crippen LogP contribution in [0.15, 0.2) is 42.5 Å². The number of carbonyl (C=O) groups excluding carboxylic acids is 2. The SMILES string of the molecule is CC(C(=O)NC(C)(C)C)N(Cc1c(Cl)cccc1Cl)C(=O)CCCN(c1ccccc1F)S(C)(=O)=O. The van der Waals surface area contributed by atoms with Gasteiger partial charge in [-0.2, -0.15) is 0 Å². The summed E-state index contributed by atoms with van der Waals surface area (Å²) in [5.74, 6) is -1.44. The normalized spacial score (nSPS) is 12.7. The third-order valence-corrected chi connectivity index (χ3v) is 7.22. The third-order valence-electron chi connectivity index (χ3n) is 5.33. The van der Waals surface area contributed by atoms with E-state index in [1.807, 2.05) is 20.8 Å². The number of halogens is 3. The van der Waals surface area contributed by atoms with Gasteiger partial charge in [0, 0.05) is 40.7 Å². The lowest BCUT2D eigenvalue weighted by atomic mass is 10.1. The van der Waals surface area contributed by atoms with Gasteiger partial charge >= 0.3 is 0 Å². The number of rotatable bonds is 10. The van der Waals surface area contributed by atoms with Crippen LogP contribution in [0, 0.1) is 5.82 Å². The molecule has 2 amide bonds. The van der Waals surface area contributed by atoms with Gasteiger partial charge in [-0.15, -0.1) is 0 Å². The standard InChI is InChI=1S/C25H32Cl2FN3O4S/c1-17(24(33)29-25(2,3)4)30(16-18-19(26)10-8-11-20(18)27)23(32)14-9-15-31(36(5,34)35)22-13-7-6-12-21(22)28/h6-8,10-13,17H,9,14-16H2,1-5H3,(H,29,33). The van der Waals surface area contributed by atoms with Crippen molar-refractivity contribution in [2.75, 3.05) is 17.1 Å². The minimum atomic E-state index is -3.80. The second kappa shape index (κ2) is 12.3. The lowest BCUT2D eigenvalue weighted by Crippen LogP contribution is -2.52. The van der Waals surface area contributed by atoms with E-state index >= 15 is 0 Å². The summed E-state index contributed by atoms with van der Waals surface area (Å²) in [5, 5.41) is 3.57. The molecule has 0 spiro atoms. The first-order chi connectivity index (χ1) is 16.6. The molecule has 1 unspecified atom stereocenters. The second-order valence-corrected chi connectivity index (χ2v) is 12.2. The van der Waals surface area contributed by atoms with Crippen molar-refractivity contribution in [3.05, 3.63) is 63.9 Å². The average molecular weight is 561 g/mol. The van der Waals surface area contributed by atoms with Crippen LogP contribution in [0.25, 0.3) is 0 Å². The van der Waals surface area contributed by atoms with E-state index in [9.17, 15) is 22.4 Å². The van der Waals surface area contributed by atoms with Crippen molar-refractivity contribution in [2.24, 2.45) is 0 Å². The fourth-order valence-electron chi connectivity index (χ4n) is 3.55. The smallest absolute Gasteiger partial charge is 0.242 e. The summed E-state index contributed by atoms with van der Waals surface area (Å²) in [6.45, 7) is 6.96. The zero-order valence-corrected chi connectivity index (χ0v) is 23.3. The van der Waals surface area contributed by atoms with Crippen LogP contribution in [0.3, 0.4) is 0 Å². The fourth-order valence-corrected chi connectivity index (χ4v) is 5.03. The van der Waals surface area contributed by atoms with Crippen LogP contribution >= 0.6 is 23.2 Å². The zero-order valence-electron chi connectivity index (χ0n) is 21.0. The summed E-state index contributed by atoms with van der Waals surface area (Å²) in [6.07, 6.45) is 0.988. The molecule has 0 heterocycles. The molecule has 1 atom stereocenters. The fraction of sp³-hybridized carbons (Fsp3) is 0.440. The van der Waals surface area contributed by atoms with Gasteiger partial charge in [-0.1, -0.05) is 41.4 Å². The summed E-state index contributed by atoms with van der Waals surface area (Å²) < 4.78 is 39.9. The molecule has 0 saturated heterocycles. The van der Waals surface area contributed by atoms with Gasteiger partial charge in [-0.25, -0.2) is 12.8 Å². The molecular formula is C25H32Cl2FN3O4S. The highest BCUT2D eigenvalue weighted by Gasteiger charge is 2.30. The summed E-state index contributed by atoms with van der Waals surface area (Å²) in [4.78, 5) is 27.6. The van der Waals surface area contributed by atoms with Crippen LogP contribution in [0.5, 0.6) is 0 Å². The van der Waals surface area contributed by atoms with Crippen molar-refractivity contribution < 1.29 is 22.4 Å². The average Bonchev–Trinajstić information content (AvgIpc) is 2.75. The molecule has 0 aliphatic heterocycles. The Balaban J connectivity index is 2.26. The number of anilines is 1. The maximum Gasteiger partial charge on any atom is 0.242 e. The molecule has 0 bridgehead atoms. The molecule has 0 saturated carbocycles. The monoisotopic (exact) mass is 559 g/mol. The first-order valence-corrected chi connectivity index (χ1v) is 14.0. The topological polar surface area (TPSA) is 86.8 Å². The highest BCUT2D eigenvalue weighted by Crippen LogP contribution is 2.27. The number of sulfonamides is 1. The Kier molecular flexibility index (Phi) is 10.2. The zero-order chi connectivity index (χ0) is 27.3. The van der Waals surface area contributed by atoms with Crippen molar-refractivity contribution in [2.45, 2.75) is 58.7 Å². The molecule has 198 valence electrons. The number of carbonyl (C=O) groups is 2. The Morgan fingerprint density at radius 2 is 1.64 bits per heavy atom. The highest BCUT2D eigenvalue weighted by molar-refractivity contribution is 7.92. The summed E-state index contributed by atoms with van der Waals surface area (Å²) in [5.41, 5.74) is -0.114. The van der Waals surface area contributed by atoms with Gasteiger partial charge in [0.1, 0.15) is 11.9 Å². The number of benzene rings is 2. The Bertz CT molecular complexity index is 1180. The Labute approximate surface area is 222 Å². The largest absolute Gasteiger partial charge is 0.350 e. The van der Waals surface area contributed by atoms with E-state index in [0.717, 1.165) is 10.6 Å². The van der Waals surface area contributed by atoms with E-state index in [2.05, 4.69) is 5.32 Å². The summed E-state index contributed by atoms with van der Waals surface area (Å²) in [7, 11) is -3.80. The van der Waals surface area contributed by atoms with Gasteiger partial charge in [-0.3, -0.25) is 13.9 Å². The highest BCUT2D eigenvalue weighted by atomic mass is 35.5. The third kappa shape index (κ3) is 8.35. The number of hydrogen-bond donors (Lipinski definition) is 1. The number of hydrogen-bond acceptors (Lipinski definition) is 4. The van der Waals surface area contributed by atoms with E-state index in [1.54, 1.807) is 25.1 Å². The van der Waals surface area contributed by atoms with Crippen LogP contribution in [0.2, 0.25) is 10.0 Å². The first-order valence-electron chi connectivity index (χ1n) is 11.4. The number of nitrogens with one attached hydrogen (secondary N) is 1. The molecule has 0 radical (unpaired) electrons. The second-order valence-electron chi connectivity index (χ2n) is 9.53. The van der Waals surface area contributed by atoms with Crippen LogP contribution in [0.4, 0.5) is 10.1 Å².